The summed E-state index contributed by atoms with van der Waals surface area (Å²) in [4.78, 5) is 32.1. The second kappa shape index (κ2) is 6.05. The fraction of sp³-hybridized carbons (Fsp3) is 0.143. The number of halogens is 1. The summed E-state index contributed by atoms with van der Waals surface area (Å²) < 4.78 is 2.97. The van der Waals surface area contributed by atoms with E-state index in [1.807, 2.05) is 0 Å². The Balaban J connectivity index is 2.25. The van der Waals surface area contributed by atoms with Crippen LogP contribution in [0, 0.1) is 0 Å². The van der Waals surface area contributed by atoms with Gasteiger partial charge in [-0.3, -0.25) is 14.2 Å². The van der Waals surface area contributed by atoms with E-state index in [2.05, 4.69) is 9.97 Å². The van der Waals surface area contributed by atoms with Crippen LogP contribution in [0.1, 0.15) is 0 Å². The standard InChI is InChI=1S/C14H11ClN4O3S/c1-18-7-16-11-12(18)17-14(23-6-10(20)21)19(13(11)22)9-4-2-8(15)3-5-9/h2-5,7H,6H2,1H3,(H,20,21). The zero-order valence-electron chi connectivity index (χ0n) is 11.9. The normalized spacial score (nSPS) is 11.0. The van der Waals surface area contributed by atoms with E-state index in [1.165, 1.54) is 10.9 Å². The maximum atomic E-state index is 12.7. The van der Waals surface area contributed by atoms with Crippen LogP contribution in [0.2, 0.25) is 5.02 Å². The van der Waals surface area contributed by atoms with Gasteiger partial charge in [-0.2, -0.15) is 0 Å². The Labute approximate surface area is 139 Å². The van der Waals surface area contributed by atoms with Crippen LogP contribution in [0.3, 0.4) is 0 Å². The topological polar surface area (TPSA) is 90.0 Å². The molecule has 3 aromatic rings. The van der Waals surface area contributed by atoms with Crippen molar-refractivity contribution < 1.29 is 9.90 Å². The largest absolute Gasteiger partial charge is 0.481 e. The molecule has 7 nitrogen and oxygen atoms in total. The minimum atomic E-state index is -0.989. The van der Waals surface area contributed by atoms with Gasteiger partial charge < -0.3 is 9.67 Å². The molecule has 23 heavy (non-hydrogen) atoms. The van der Waals surface area contributed by atoms with Crippen molar-refractivity contribution in [3.05, 3.63) is 46.0 Å². The number of thioether (sulfide) groups is 1. The van der Waals surface area contributed by atoms with Gasteiger partial charge in [0.2, 0.25) is 0 Å². The Hall–Kier alpha value is -2.32. The molecular formula is C14H11ClN4O3S. The molecule has 1 N–H and O–H groups in total. The molecule has 0 spiro atoms. The van der Waals surface area contributed by atoms with Gasteiger partial charge in [0, 0.05) is 12.1 Å². The molecule has 0 saturated heterocycles. The summed E-state index contributed by atoms with van der Waals surface area (Å²) in [5, 5.41) is 9.72. The summed E-state index contributed by atoms with van der Waals surface area (Å²) in [7, 11) is 1.72. The van der Waals surface area contributed by atoms with Crippen molar-refractivity contribution in [2.45, 2.75) is 5.16 Å². The number of aromatic nitrogens is 4. The van der Waals surface area contributed by atoms with Gasteiger partial charge in [-0.05, 0) is 24.3 Å². The van der Waals surface area contributed by atoms with Gasteiger partial charge in [-0.25, -0.2) is 9.97 Å². The van der Waals surface area contributed by atoms with Crippen LogP contribution in [-0.4, -0.2) is 35.9 Å². The number of imidazole rings is 1. The van der Waals surface area contributed by atoms with E-state index in [4.69, 9.17) is 16.7 Å². The average molecular weight is 351 g/mol. The smallest absolute Gasteiger partial charge is 0.313 e. The minimum absolute atomic E-state index is 0.205. The zero-order chi connectivity index (χ0) is 16.6. The first kappa shape index (κ1) is 15.6. The predicted molar refractivity (Wildman–Crippen MR) is 87.5 cm³/mol. The van der Waals surface area contributed by atoms with Crippen molar-refractivity contribution in [2.75, 3.05) is 5.75 Å². The van der Waals surface area contributed by atoms with Gasteiger partial charge in [-0.1, -0.05) is 23.4 Å². The fourth-order valence-electron chi connectivity index (χ4n) is 2.08. The number of carboxylic acid groups (broad SMARTS) is 1. The molecule has 2 heterocycles. The van der Waals surface area contributed by atoms with Crippen LogP contribution in [0.15, 0.2) is 40.5 Å². The lowest BCUT2D eigenvalue weighted by Crippen LogP contribution is -2.22. The molecule has 0 aliphatic heterocycles. The van der Waals surface area contributed by atoms with E-state index in [0.717, 1.165) is 11.8 Å². The zero-order valence-corrected chi connectivity index (χ0v) is 13.5. The number of nitrogens with zero attached hydrogens (tertiary/aromatic N) is 4. The van der Waals surface area contributed by atoms with E-state index < -0.39 is 5.97 Å². The third kappa shape index (κ3) is 2.95. The lowest BCUT2D eigenvalue weighted by molar-refractivity contribution is -0.133. The SMILES string of the molecule is Cn1cnc2c(=O)n(-c3ccc(Cl)cc3)c(SCC(=O)O)nc21. The highest BCUT2D eigenvalue weighted by Crippen LogP contribution is 2.21. The van der Waals surface area contributed by atoms with Crippen LogP contribution in [0.25, 0.3) is 16.9 Å². The molecule has 0 fully saturated rings. The van der Waals surface area contributed by atoms with Crippen LogP contribution in [-0.2, 0) is 11.8 Å². The number of carboxylic acids is 1. The quantitative estimate of drug-likeness (QED) is 0.571. The third-order valence-electron chi connectivity index (χ3n) is 3.11. The number of hydrogen-bond donors (Lipinski definition) is 1. The van der Waals surface area contributed by atoms with Crippen molar-refractivity contribution in [3.8, 4) is 5.69 Å². The molecule has 0 amide bonds. The first-order valence-corrected chi connectivity index (χ1v) is 7.88. The third-order valence-corrected chi connectivity index (χ3v) is 4.29. The fourth-order valence-corrected chi connectivity index (χ4v) is 2.93. The average Bonchev–Trinajstić information content (AvgIpc) is 2.88. The highest BCUT2D eigenvalue weighted by atomic mass is 35.5. The predicted octanol–water partition coefficient (Wildman–Crippen LogP) is 1.95. The van der Waals surface area contributed by atoms with Gasteiger partial charge in [0.25, 0.3) is 5.56 Å². The van der Waals surface area contributed by atoms with Gasteiger partial charge in [0.05, 0.1) is 17.8 Å². The molecule has 0 radical (unpaired) electrons. The Kier molecular flexibility index (Phi) is 4.10. The Morgan fingerprint density at radius 2 is 2.04 bits per heavy atom. The van der Waals surface area contributed by atoms with E-state index in [9.17, 15) is 9.59 Å². The van der Waals surface area contributed by atoms with Gasteiger partial charge in [0.1, 0.15) is 0 Å². The second-order valence-corrected chi connectivity index (χ2v) is 6.10. The summed E-state index contributed by atoms with van der Waals surface area (Å²) in [6.07, 6.45) is 1.50. The molecule has 2 aromatic heterocycles. The molecule has 1 aromatic carbocycles. The summed E-state index contributed by atoms with van der Waals surface area (Å²) in [6.45, 7) is 0. The van der Waals surface area contributed by atoms with E-state index in [1.54, 1.807) is 35.9 Å². The maximum Gasteiger partial charge on any atom is 0.313 e. The Bertz CT molecular complexity index is 949. The van der Waals surface area contributed by atoms with Crippen molar-refractivity contribution >= 4 is 40.5 Å². The van der Waals surface area contributed by atoms with Crippen molar-refractivity contribution in [1.29, 1.82) is 0 Å². The van der Waals surface area contributed by atoms with Crippen LogP contribution in [0.5, 0.6) is 0 Å². The molecule has 0 aliphatic rings. The highest BCUT2D eigenvalue weighted by molar-refractivity contribution is 7.99. The Morgan fingerprint density at radius 1 is 1.35 bits per heavy atom. The van der Waals surface area contributed by atoms with E-state index in [-0.39, 0.29) is 22.0 Å². The summed E-state index contributed by atoms with van der Waals surface area (Å²) in [5.41, 5.74) is 0.827. The molecular weight excluding hydrogens is 340 g/mol. The number of aliphatic carboxylic acids is 1. The lowest BCUT2D eigenvalue weighted by atomic mass is 10.3. The van der Waals surface area contributed by atoms with Gasteiger partial charge in [0.15, 0.2) is 16.3 Å². The second-order valence-electron chi connectivity index (χ2n) is 4.72. The van der Waals surface area contributed by atoms with E-state index >= 15 is 0 Å². The lowest BCUT2D eigenvalue weighted by Gasteiger charge is -2.11. The minimum Gasteiger partial charge on any atom is -0.481 e. The maximum absolute atomic E-state index is 12.7. The number of hydrogen-bond acceptors (Lipinski definition) is 5. The number of fused-ring (bicyclic) bond motifs is 1. The highest BCUT2D eigenvalue weighted by Gasteiger charge is 2.17. The number of carbonyl (C=O) groups is 1. The molecule has 0 atom stereocenters. The molecule has 0 unspecified atom stereocenters. The van der Waals surface area contributed by atoms with Gasteiger partial charge >= 0.3 is 5.97 Å². The summed E-state index contributed by atoms with van der Waals surface area (Å²) >= 11 is 6.85. The molecule has 0 aliphatic carbocycles. The number of benzene rings is 1. The van der Waals surface area contributed by atoms with Crippen LogP contribution < -0.4 is 5.56 Å². The van der Waals surface area contributed by atoms with Gasteiger partial charge in [-0.15, -0.1) is 0 Å². The molecule has 3 rings (SSSR count). The van der Waals surface area contributed by atoms with Crippen molar-refractivity contribution in [3.63, 3.8) is 0 Å². The Morgan fingerprint density at radius 3 is 2.70 bits per heavy atom. The van der Waals surface area contributed by atoms with E-state index in [0.29, 0.717) is 16.4 Å². The monoisotopic (exact) mass is 350 g/mol. The molecule has 9 heteroatoms. The van der Waals surface area contributed by atoms with Crippen molar-refractivity contribution in [1.82, 2.24) is 19.1 Å². The first-order valence-electron chi connectivity index (χ1n) is 6.52. The summed E-state index contributed by atoms with van der Waals surface area (Å²) in [5.74, 6) is -1.19. The van der Waals surface area contributed by atoms with Crippen molar-refractivity contribution in [2.24, 2.45) is 7.05 Å². The molecule has 118 valence electrons. The molecule has 0 bridgehead atoms. The number of aryl methyl sites for hydroxylation is 1. The van der Waals surface area contributed by atoms with Crippen LogP contribution >= 0.6 is 23.4 Å². The molecule has 0 saturated carbocycles. The first-order chi connectivity index (χ1) is 11.0. The number of rotatable bonds is 4. The summed E-state index contributed by atoms with van der Waals surface area (Å²) in [6, 6.07) is 6.64. The van der Waals surface area contributed by atoms with Crippen LogP contribution in [0.4, 0.5) is 0 Å².